The van der Waals surface area contributed by atoms with Crippen LogP contribution in [0.2, 0.25) is 0 Å². The number of nitrogens with two attached hydrogens (primary N) is 2. The first-order chi connectivity index (χ1) is 10.5. The van der Waals surface area contributed by atoms with Gasteiger partial charge in [0.1, 0.15) is 5.84 Å². The van der Waals surface area contributed by atoms with E-state index in [9.17, 15) is 0 Å². The van der Waals surface area contributed by atoms with Crippen LogP contribution in [0.4, 0.5) is 0 Å². The number of amidine groups is 2. The lowest BCUT2D eigenvalue weighted by Crippen LogP contribution is -2.11. The van der Waals surface area contributed by atoms with Crippen molar-refractivity contribution < 1.29 is 0 Å². The second-order valence-electron chi connectivity index (χ2n) is 5.41. The van der Waals surface area contributed by atoms with Gasteiger partial charge in [-0.25, -0.2) is 0 Å². The van der Waals surface area contributed by atoms with Crippen molar-refractivity contribution in [2.45, 2.75) is 31.6 Å². The molecule has 1 heterocycles. The topological polar surface area (TPSA) is 99.7 Å². The van der Waals surface area contributed by atoms with Crippen LogP contribution in [0.25, 0.3) is 10.1 Å². The number of halogens is 2. The van der Waals surface area contributed by atoms with Crippen molar-refractivity contribution in [3.05, 3.63) is 47.4 Å². The Morgan fingerprint density at radius 2 is 1.92 bits per heavy atom. The lowest BCUT2D eigenvalue weighted by molar-refractivity contribution is 0.598. The maximum absolute atomic E-state index is 7.62. The molecular weight excluding hydrogens is 363 g/mol. The molecule has 0 saturated heterocycles. The largest absolute Gasteiger partial charge is 0.388 e. The van der Waals surface area contributed by atoms with E-state index in [0.717, 1.165) is 34.2 Å². The molecule has 2 aromatic rings. The van der Waals surface area contributed by atoms with E-state index in [-0.39, 0.29) is 36.5 Å². The minimum absolute atomic E-state index is 0. The van der Waals surface area contributed by atoms with Crippen molar-refractivity contribution in [1.82, 2.24) is 0 Å². The van der Waals surface area contributed by atoms with Gasteiger partial charge in [-0.3, -0.25) is 10.8 Å². The Hall–Kier alpha value is -1.56. The van der Waals surface area contributed by atoms with E-state index in [1.165, 1.54) is 5.56 Å². The van der Waals surface area contributed by atoms with Crippen molar-refractivity contribution in [2.75, 3.05) is 0 Å². The molecule has 7 heteroatoms. The molecular formula is C17H24Cl2N4S. The normalized spacial score (nSPS) is 11.2. The summed E-state index contributed by atoms with van der Waals surface area (Å²) in [4.78, 5) is 0.802. The molecule has 0 aliphatic rings. The van der Waals surface area contributed by atoms with Gasteiger partial charge in [0, 0.05) is 11.1 Å². The molecule has 0 amide bonds. The zero-order valence-electron chi connectivity index (χ0n) is 13.4. The minimum atomic E-state index is 0. The summed E-state index contributed by atoms with van der Waals surface area (Å²) in [5.41, 5.74) is 12.4. The van der Waals surface area contributed by atoms with E-state index in [0.29, 0.717) is 12.3 Å². The van der Waals surface area contributed by atoms with Crippen molar-refractivity contribution >= 4 is 57.9 Å². The highest BCUT2D eigenvalue weighted by atomic mass is 35.5. The number of rotatable bonds is 8. The maximum Gasteiger partial charge on any atom is 0.133 e. The third-order valence-electron chi connectivity index (χ3n) is 3.78. The Morgan fingerprint density at radius 1 is 1.21 bits per heavy atom. The van der Waals surface area contributed by atoms with Crippen LogP contribution in [0.15, 0.2) is 36.9 Å². The molecule has 0 radical (unpaired) electrons. The van der Waals surface area contributed by atoms with E-state index < -0.39 is 0 Å². The summed E-state index contributed by atoms with van der Waals surface area (Å²) in [5, 5.41) is 16.3. The number of nitrogens with one attached hydrogen (secondary N) is 2. The molecule has 6 N–H and O–H groups in total. The highest BCUT2D eigenvalue weighted by Gasteiger charge is 2.16. The van der Waals surface area contributed by atoms with Gasteiger partial charge in [-0.1, -0.05) is 18.2 Å². The van der Waals surface area contributed by atoms with E-state index in [1.807, 2.05) is 18.2 Å². The Bertz CT molecular complexity index is 712. The van der Waals surface area contributed by atoms with Gasteiger partial charge in [0.15, 0.2) is 0 Å². The molecule has 2 rings (SSSR count). The summed E-state index contributed by atoms with van der Waals surface area (Å²) in [6, 6.07) is 8.25. The highest BCUT2D eigenvalue weighted by Crippen LogP contribution is 2.36. The van der Waals surface area contributed by atoms with Crippen LogP contribution in [0.1, 0.15) is 42.0 Å². The van der Waals surface area contributed by atoms with Crippen LogP contribution < -0.4 is 11.5 Å². The highest BCUT2D eigenvalue weighted by molar-refractivity contribution is 7.20. The van der Waals surface area contributed by atoms with Gasteiger partial charge in [0.25, 0.3) is 0 Å². The number of nitrogen functional groups attached to an aromatic ring is 1. The standard InChI is InChI=1S/C17H22N4S.2ClH/c1-2-3-5-11(8-9-16(18)19)12-6-4-7-14-13(12)10-15(22-14)17(20)21;;/h2,4,6-7,10-11H,1,3,5,8-9H2,(H3,18,19)(H3,20,21);2*1H. The second kappa shape index (κ2) is 10.3. The molecule has 132 valence electrons. The number of thiophene rings is 1. The summed E-state index contributed by atoms with van der Waals surface area (Å²) >= 11 is 1.55. The lowest BCUT2D eigenvalue weighted by atomic mass is 9.88. The molecule has 1 aromatic heterocycles. The SMILES string of the molecule is C=CCCC(CCC(=N)N)c1cccc2sc(C(=N)N)cc12.Cl.Cl. The summed E-state index contributed by atoms with van der Waals surface area (Å²) < 4.78 is 1.15. The van der Waals surface area contributed by atoms with Crippen LogP contribution in [-0.4, -0.2) is 11.7 Å². The fourth-order valence-corrected chi connectivity index (χ4v) is 3.63. The Morgan fingerprint density at radius 3 is 2.50 bits per heavy atom. The second-order valence-corrected chi connectivity index (χ2v) is 6.49. The fraction of sp³-hybridized carbons (Fsp3) is 0.294. The third kappa shape index (κ3) is 5.51. The monoisotopic (exact) mass is 386 g/mol. The van der Waals surface area contributed by atoms with E-state index in [2.05, 4.69) is 18.7 Å². The van der Waals surface area contributed by atoms with E-state index >= 15 is 0 Å². The van der Waals surface area contributed by atoms with Crippen LogP contribution in [-0.2, 0) is 0 Å². The van der Waals surface area contributed by atoms with Crippen LogP contribution >= 0.6 is 36.2 Å². The quantitative estimate of drug-likeness (QED) is 0.297. The van der Waals surface area contributed by atoms with Crippen LogP contribution in [0.5, 0.6) is 0 Å². The Labute approximate surface area is 159 Å². The molecule has 1 aromatic carbocycles. The molecule has 0 fully saturated rings. The van der Waals surface area contributed by atoms with Crippen LogP contribution in [0.3, 0.4) is 0 Å². The summed E-state index contributed by atoms with van der Waals surface area (Å²) in [6.45, 7) is 3.80. The number of benzene rings is 1. The molecule has 24 heavy (non-hydrogen) atoms. The van der Waals surface area contributed by atoms with Gasteiger partial charge in [0.05, 0.1) is 10.7 Å². The molecule has 1 atom stereocenters. The van der Waals surface area contributed by atoms with Gasteiger partial charge >= 0.3 is 0 Å². The zero-order valence-corrected chi connectivity index (χ0v) is 15.8. The molecule has 4 nitrogen and oxygen atoms in total. The first kappa shape index (κ1) is 22.4. The van der Waals surface area contributed by atoms with Crippen LogP contribution in [0, 0.1) is 10.8 Å². The Kier molecular flexibility index (Phi) is 9.66. The molecule has 0 aliphatic heterocycles. The van der Waals surface area contributed by atoms with Gasteiger partial charge in [-0.15, -0.1) is 42.7 Å². The molecule has 0 spiro atoms. The maximum atomic E-state index is 7.62. The van der Waals surface area contributed by atoms with Crippen molar-refractivity contribution in [3.8, 4) is 0 Å². The molecule has 0 bridgehead atoms. The predicted octanol–water partition coefficient (Wildman–Crippen LogP) is 4.79. The average molecular weight is 387 g/mol. The van der Waals surface area contributed by atoms with Gasteiger partial charge in [-0.05, 0) is 48.3 Å². The third-order valence-corrected chi connectivity index (χ3v) is 4.92. The van der Waals surface area contributed by atoms with E-state index in [1.54, 1.807) is 11.3 Å². The zero-order chi connectivity index (χ0) is 16.1. The number of allylic oxidation sites excluding steroid dienone is 1. The Balaban J connectivity index is 0.00000264. The molecule has 0 saturated carbocycles. The predicted molar refractivity (Wildman–Crippen MR) is 111 cm³/mol. The minimum Gasteiger partial charge on any atom is -0.388 e. The smallest absolute Gasteiger partial charge is 0.133 e. The van der Waals surface area contributed by atoms with Crippen molar-refractivity contribution in [3.63, 3.8) is 0 Å². The fourth-order valence-electron chi connectivity index (χ4n) is 2.68. The van der Waals surface area contributed by atoms with Gasteiger partial charge in [0.2, 0.25) is 0 Å². The summed E-state index contributed by atoms with van der Waals surface area (Å²) in [5.74, 6) is 0.670. The molecule has 0 aliphatic carbocycles. The summed E-state index contributed by atoms with van der Waals surface area (Å²) in [6.07, 6.45) is 5.30. The van der Waals surface area contributed by atoms with E-state index in [4.69, 9.17) is 22.3 Å². The van der Waals surface area contributed by atoms with Crippen molar-refractivity contribution in [1.29, 1.82) is 10.8 Å². The first-order valence-corrected chi connectivity index (χ1v) is 8.15. The number of hydrogen-bond donors (Lipinski definition) is 4. The van der Waals surface area contributed by atoms with Gasteiger partial charge < -0.3 is 11.5 Å². The van der Waals surface area contributed by atoms with Crippen molar-refractivity contribution in [2.24, 2.45) is 11.5 Å². The number of fused-ring (bicyclic) bond motifs is 1. The lowest BCUT2D eigenvalue weighted by Gasteiger charge is -2.17. The number of hydrogen-bond acceptors (Lipinski definition) is 3. The first-order valence-electron chi connectivity index (χ1n) is 7.33. The van der Waals surface area contributed by atoms with Gasteiger partial charge in [-0.2, -0.15) is 0 Å². The summed E-state index contributed by atoms with van der Waals surface area (Å²) in [7, 11) is 0. The average Bonchev–Trinajstić information content (AvgIpc) is 2.91. The molecule has 1 unspecified atom stereocenters.